The van der Waals surface area contributed by atoms with Crippen LogP contribution in [0.1, 0.15) is 35.3 Å². The Morgan fingerprint density at radius 1 is 1.18 bits per heavy atom. The van der Waals surface area contributed by atoms with Gasteiger partial charge in [0.2, 0.25) is 0 Å². The molecule has 0 aliphatic carbocycles. The van der Waals surface area contributed by atoms with Crippen LogP contribution in [0.4, 0.5) is 11.4 Å². The summed E-state index contributed by atoms with van der Waals surface area (Å²) in [4.78, 5) is 35.1. The number of aryl methyl sites for hydroxylation is 2. The van der Waals surface area contributed by atoms with Gasteiger partial charge in [-0.25, -0.2) is 4.79 Å². The van der Waals surface area contributed by atoms with Gasteiger partial charge in [-0.3, -0.25) is 14.9 Å². The van der Waals surface area contributed by atoms with Crippen LogP contribution in [0.2, 0.25) is 0 Å². The molecule has 0 radical (unpaired) electrons. The number of rotatable bonds is 7. The zero-order valence-corrected chi connectivity index (χ0v) is 16.1. The second-order valence-corrected chi connectivity index (χ2v) is 6.23. The molecule has 0 saturated heterocycles. The number of nitro groups is 1. The van der Waals surface area contributed by atoms with Crippen LogP contribution < -0.4 is 10.1 Å². The number of ether oxygens (including phenoxy) is 2. The molecule has 8 nitrogen and oxygen atoms in total. The predicted molar refractivity (Wildman–Crippen MR) is 104 cm³/mol. The van der Waals surface area contributed by atoms with Crippen molar-refractivity contribution in [1.82, 2.24) is 0 Å². The number of hydrogen-bond acceptors (Lipinski definition) is 6. The molecule has 0 aliphatic rings. The van der Waals surface area contributed by atoms with Crippen LogP contribution in [0, 0.1) is 24.0 Å². The van der Waals surface area contributed by atoms with Crippen molar-refractivity contribution in [3.05, 3.63) is 63.2 Å². The third kappa shape index (κ3) is 5.06. The molecule has 1 atom stereocenters. The van der Waals surface area contributed by atoms with Crippen molar-refractivity contribution < 1.29 is 24.0 Å². The quantitative estimate of drug-likeness (QED) is 0.441. The van der Waals surface area contributed by atoms with Gasteiger partial charge < -0.3 is 14.8 Å². The largest absolute Gasteiger partial charge is 0.487 e. The van der Waals surface area contributed by atoms with Gasteiger partial charge in [-0.1, -0.05) is 17.7 Å². The van der Waals surface area contributed by atoms with E-state index in [2.05, 4.69) is 5.32 Å². The van der Waals surface area contributed by atoms with Crippen LogP contribution in [-0.4, -0.2) is 29.5 Å². The Balaban J connectivity index is 2.09. The van der Waals surface area contributed by atoms with Gasteiger partial charge in [-0.15, -0.1) is 0 Å². The zero-order valence-electron chi connectivity index (χ0n) is 16.1. The maximum Gasteiger partial charge on any atom is 0.339 e. The summed E-state index contributed by atoms with van der Waals surface area (Å²) in [6, 6.07) is 9.31. The molecule has 148 valence electrons. The molecule has 0 unspecified atom stereocenters. The van der Waals surface area contributed by atoms with E-state index in [1.54, 1.807) is 13.0 Å². The fourth-order valence-corrected chi connectivity index (χ4v) is 2.53. The minimum atomic E-state index is -1.08. The van der Waals surface area contributed by atoms with Gasteiger partial charge in [-0.05, 0) is 51.5 Å². The molecule has 0 aliphatic heterocycles. The molecule has 2 aromatic rings. The number of esters is 1. The lowest BCUT2D eigenvalue weighted by Crippen LogP contribution is -2.30. The lowest BCUT2D eigenvalue weighted by Gasteiger charge is -2.15. The molecule has 0 spiro atoms. The molecule has 0 fully saturated rings. The van der Waals surface area contributed by atoms with Crippen molar-refractivity contribution in [3.8, 4) is 5.75 Å². The number of nitro benzene ring substituents is 1. The molecular weight excluding hydrogens is 364 g/mol. The molecule has 0 bridgehead atoms. The van der Waals surface area contributed by atoms with Crippen LogP contribution in [0.5, 0.6) is 5.75 Å². The maximum absolute atomic E-state index is 12.3. The van der Waals surface area contributed by atoms with Crippen molar-refractivity contribution in [2.24, 2.45) is 0 Å². The van der Waals surface area contributed by atoms with E-state index in [9.17, 15) is 19.7 Å². The number of carbonyl (C=O) groups excluding carboxylic acids is 2. The van der Waals surface area contributed by atoms with Gasteiger partial charge >= 0.3 is 11.7 Å². The first kappa shape index (κ1) is 20.9. The van der Waals surface area contributed by atoms with Gasteiger partial charge in [0.1, 0.15) is 0 Å². The molecular formula is C20H22N2O6. The Bertz CT molecular complexity index is 910. The van der Waals surface area contributed by atoms with Gasteiger partial charge in [0, 0.05) is 11.8 Å². The number of anilines is 1. The van der Waals surface area contributed by atoms with Crippen LogP contribution in [0.25, 0.3) is 0 Å². The highest BCUT2D eigenvalue weighted by Crippen LogP contribution is 2.28. The molecule has 0 aromatic heterocycles. The summed E-state index contributed by atoms with van der Waals surface area (Å²) in [7, 11) is 0. The topological polar surface area (TPSA) is 108 Å². The highest BCUT2D eigenvalue weighted by Gasteiger charge is 2.23. The number of amides is 1. The Hall–Kier alpha value is -3.42. The van der Waals surface area contributed by atoms with E-state index in [4.69, 9.17) is 9.47 Å². The Morgan fingerprint density at radius 2 is 1.89 bits per heavy atom. The average Bonchev–Trinajstić information content (AvgIpc) is 2.64. The van der Waals surface area contributed by atoms with Gasteiger partial charge in [0.15, 0.2) is 11.9 Å². The van der Waals surface area contributed by atoms with Crippen LogP contribution >= 0.6 is 0 Å². The maximum atomic E-state index is 12.3. The summed E-state index contributed by atoms with van der Waals surface area (Å²) in [6.45, 7) is 7.18. The molecule has 2 aromatic carbocycles. The van der Waals surface area contributed by atoms with E-state index in [-0.39, 0.29) is 23.6 Å². The van der Waals surface area contributed by atoms with Gasteiger partial charge in [-0.2, -0.15) is 0 Å². The zero-order chi connectivity index (χ0) is 20.8. The SMILES string of the molecule is CCOc1ccc(C(=O)O[C@@H](C)C(=O)Nc2ccc(C)cc2C)cc1[N+](=O)[O-]. The van der Waals surface area contributed by atoms with Crippen molar-refractivity contribution in [2.45, 2.75) is 33.8 Å². The van der Waals surface area contributed by atoms with Crippen molar-refractivity contribution in [3.63, 3.8) is 0 Å². The molecule has 2 rings (SSSR count). The number of carbonyl (C=O) groups is 2. The minimum Gasteiger partial charge on any atom is -0.487 e. The molecule has 8 heteroatoms. The van der Waals surface area contributed by atoms with E-state index >= 15 is 0 Å². The highest BCUT2D eigenvalue weighted by molar-refractivity contribution is 5.98. The Kier molecular flexibility index (Phi) is 6.70. The summed E-state index contributed by atoms with van der Waals surface area (Å²) in [6.07, 6.45) is -1.08. The summed E-state index contributed by atoms with van der Waals surface area (Å²) >= 11 is 0. The first-order chi connectivity index (χ1) is 13.2. The van der Waals surface area contributed by atoms with E-state index in [0.29, 0.717) is 5.69 Å². The smallest absolute Gasteiger partial charge is 0.339 e. The van der Waals surface area contributed by atoms with Gasteiger partial charge in [0.25, 0.3) is 5.91 Å². The monoisotopic (exact) mass is 386 g/mol. The number of nitrogens with zero attached hydrogens (tertiary/aromatic N) is 1. The van der Waals surface area contributed by atoms with E-state index in [1.165, 1.54) is 19.1 Å². The second-order valence-electron chi connectivity index (χ2n) is 6.23. The second kappa shape index (κ2) is 8.98. The number of nitrogens with one attached hydrogen (secondary N) is 1. The lowest BCUT2D eigenvalue weighted by atomic mass is 10.1. The first-order valence-electron chi connectivity index (χ1n) is 8.73. The van der Waals surface area contributed by atoms with E-state index in [0.717, 1.165) is 17.2 Å². The fourth-order valence-electron chi connectivity index (χ4n) is 2.53. The summed E-state index contributed by atoms with van der Waals surface area (Å²) < 4.78 is 10.3. The molecule has 0 saturated carbocycles. The summed E-state index contributed by atoms with van der Waals surface area (Å²) in [5.74, 6) is -1.28. The summed E-state index contributed by atoms with van der Waals surface area (Å²) in [5.41, 5.74) is 2.18. The molecule has 0 heterocycles. The fraction of sp³-hybridized carbons (Fsp3) is 0.300. The molecule has 28 heavy (non-hydrogen) atoms. The lowest BCUT2D eigenvalue weighted by molar-refractivity contribution is -0.385. The van der Waals surface area contributed by atoms with Gasteiger partial charge in [0.05, 0.1) is 17.1 Å². The van der Waals surface area contributed by atoms with Crippen LogP contribution in [-0.2, 0) is 9.53 Å². The third-order valence-electron chi connectivity index (χ3n) is 3.98. The van der Waals surface area contributed by atoms with E-state index in [1.807, 2.05) is 26.0 Å². The minimum absolute atomic E-state index is 0.0404. The number of benzene rings is 2. The van der Waals surface area contributed by atoms with Crippen LogP contribution in [0.3, 0.4) is 0 Å². The molecule has 1 N–H and O–H groups in total. The first-order valence-corrected chi connectivity index (χ1v) is 8.73. The van der Waals surface area contributed by atoms with Crippen LogP contribution in [0.15, 0.2) is 36.4 Å². The Morgan fingerprint density at radius 3 is 2.50 bits per heavy atom. The van der Waals surface area contributed by atoms with E-state index < -0.39 is 22.9 Å². The van der Waals surface area contributed by atoms with Crippen molar-refractivity contribution in [2.75, 3.05) is 11.9 Å². The number of hydrogen-bond donors (Lipinski definition) is 1. The predicted octanol–water partition coefficient (Wildman–Crippen LogP) is 3.79. The normalized spacial score (nSPS) is 11.4. The standard InChI is InChI=1S/C20H22N2O6/c1-5-27-18-9-7-15(11-17(18)22(25)26)20(24)28-14(4)19(23)21-16-8-6-12(2)10-13(16)3/h6-11,14H,5H2,1-4H3,(H,21,23)/t14-/m0/s1. The highest BCUT2D eigenvalue weighted by atomic mass is 16.6. The Labute approximate surface area is 162 Å². The summed E-state index contributed by atoms with van der Waals surface area (Å²) in [5, 5.41) is 13.9. The average molecular weight is 386 g/mol. The molecule has 1 amide bonds. The van der Waals surface area contributed by atoms with Crippen molar-refractivity contribution >= 4 is 23.3 Å². The van der Waals surface area contributed by atoms with Crippen molar-refractivity contribution in [1.29, 1.82) is 0 Å². The third-order valence-corrected chi connectivity index (χ3v) is 3.98.